The van der Waals surface area contributed by atoms with Crippen LogP contribution in [-0.2, 0) is 12.8 Å². The molecule has 2 rings (SSSR count). The van der Waals surface area contributed by atoms with Crippen molar-refractivity contribution in [3.8, 4) is 0 Å². The highest BCUT2D eigenvalue weighted by molar-refractivity contribution is 7.12. The first-order chi connectivity index (χ1) is 9.35. The van der Waals surface area contributed by atoms with Crippen LogP contribution in [0.1, 0.15) is 66.8 Å². The van der Waals surface area contributed by atoms with Gasteiger partial charge in [-0.1, -0.05) is 19.4 Å². The summed E-state index contributed by atoms with van der Waals surface area (Å²) in [5.74, 6) is 0. The van der Waals surface area contributed by atoms with Crippen LogP contribution in [0.25, 0.3) is 0 Å². The second-order valence-corrected chi connectivity index (χ2v) is 6.70. The number of nitrogens with one attached hydrogen (secondary N) is 1. The highest BCUT2D eigenvalue weighted by Gasteiger charge is 2.17. The fourth-order valence-electron chi connectivity index (χ4n) is 2.81. The Morgan fingerprint density at radius 3 is 3.00 bits per heavy atom. The van der Waals surface area contributed by atoms with Gasteiger partial charge in [-0.2, -0.15) is 0 Å². The molecule has 19 heavy (non-hydrogen) atoms. The summed E-state index contributed by atoms with van der Waals surface area (Å²) in [6.45, 7) is 7.21. The zero-order valence-corrected chi connectivity index (χ0v) is 13.0. The number of hydrogen-bond donors (Lipinski definition) is 1. The van der Waals surface area contributed by atoms with Gasteiger partial charge >= 0.3 is 0 Å². The minimum Gasteiger partial charge on any atom is -0.309 e. The van der Waals surface area contributed by atoms with Crippen molar-refractivity contribution in [3.63, 3.8) is 0 Å². The van der Waals surface area contributed by atoms with Gasteiger partial charge in [-0.25, -0.2) is 0 Å². The lowest BCUT2D eigenvalue weighted by atomic mass is 10.1. The second kappa shape index (κ2) is 7.86. The molecule has 1 nitrogen and oxygen atoms in total. The van der Waals surface area contributed by atoms with E-state index < -0.39 is 0 Å². The predicted octanol–water partition coefficient (Wildman–Crippen LogP) is 5.02. The van der Waals surface area contributed by atoms with E-state index in [9.17, 15) is 0 Å². The molecule has 0 bridgehead atoms. The van der Waals surface area contributed by atoms with Crippen LogP contribution in [0.15, 0.2) is 18.7 Å². The molecular weight excluding hydrogens is 250 g/mol. The Kier molecular flexibility index (Phi) is 6.12. The maximum absolute atomic E-state index is 3.86. The molecule has 0 fully saturated rings. The lowest BCUT2D eigenvalue weighted by molar-refractivity contribution is 0.510. The van der Waals surface area contributed by atoms with E-state index in [1.807, 2.05) is 6.08 Å². The van der Waals surface area contributed by atoms with Crippen LogP contribution in [0.3, 0.4) is 0 Å². The molecule has 1 aromatic heterocycles. The minimum absolute atomic E-state index is 0.537. The van der Waals surface area contributed by atoms with Crippen molar-refractivity contribution < 1.29 is 0 Å². The lowest BCUT2D eigenvalue weighted by Gasteiger charge is -2.16. The number of fused-ring (bicyclic) bond motifs is 1. The Morgan fingerprint density at radius 1 is 1.37 bits per heavy atom. The summed E-state index contributed by atoms with van der Waals surface area (Å²) in [6.07, 6.45) is 12.3. The van der Waals surface area contributed by atoms with Crippen LogP contribution in [0.2, 0.25) is 0 Å². The molecule has 0 saturated carbocycles. The van der Waals surface area contributed by atoms with E-state index in [2.05, 4.69) is 36.2 Å². The first kappa shape index (κ1) is 14.8. The molecule has 0 aromatic carbocycles. The predicted molar refractivity (Wildman–Crippen MR) is 86.0 cm³/mol. The van der Waals surface area contributed by atoms with E-state index in [1.54, 1.807) is 15.3 Å². The highest BCUT2D eigenvalue weighted by atomic mass is 32.1. The first-order valence-corrected chi connectivity index (χ1v) is 8.62. The molecule has 2 heteroatoms. The maximum atomic E-state index is 3.86. The quantitative estimate of drug-likeness (QED) is 0.545. The Morgan fingerprint density at radius 2 is 2.21 bits per heavy atom. The van der Waals surface area contributed by atoms with Crippen molar-refractivity contribution in [2.24, 2.45) is 0 Å². The van der Waals surface area contributed by atoms with E-state index in [0.29, 0.717) is 6.04 Å². The van der Waals surface area contributed by atoms with Crippen molar-refractivity contribution in [1.82, 2.24) is 5.32 Å². The third-order valence-corrected chi connectivity index (χ3v) is 5.26. The van der Waals surface area contributed by atoms with E-state index in [-0.39, 0.29) is 0 Å². The third-order valence-electron chi connectivity index (χ3n) is 3.91. The molecule has 0 amide bonds. The number of rotatable bonds is 7. The fourth-order valence-corrected chi connectivity index (χ4v) is 4.18. The third kappa shape index (κ3) is 4.19. The second-order valence-electron chi connectivity index (χ2n) is 5.53. The molecule has 1 aliphatic carbocycles. The molecular formula is C17H27NS. The largest absolute Gasteiger partial charge is 0.309 e. The van der Waals surface area contributed by atoms with Gasteiger partial charge in [0, 0.05) is 15.8 Å². The van der Waals surface area contributed by atoms with Gasteiger partial charge < -0.3 is 5.32 Å². The van der Waals surface area contributed by atoms with Gasteiger partial charge in [0.15, 0.2) is 0 Å². The van der Waals surface area contributed by atoms with Crippen LogP contribution in [0.4, 0.5) is 0 Å². The molecule has 0 aliphatic heterocycles. The van der Waals surface area contributed by atoms with Gasteiger partial charge in [0.05, 0.1) is 0 Å². The molecule has 1 aliphatic rings. The molecule has 1 aromatic rings. The van der Waals surface area contributed by atoms with Crippen LogP contribution in [0, 0.1) is 0 Å². The molecule has 106 valence electrons. The lowest BCUT2D eigenvalue weighted by Crippen LogP contribution is -2.21. The molecule has 1 unspecified atom stereocenters. The summed E-state index contributed by atoms with van der Waals surface area (Å²) in [7, 11) is 0. The van der Waals surface area contributed by atoms with E-state index in [4.69, 9.17) is 0 Å². The van der Waals surface area contributed by atoms with Crippen molar-refractivity contribution in [2.75, 3.05) is 6.54 Å². The average molecular weight is 277 g/mol. The summed E-state index contributed by atoms with van der Waals surface area (Å²) < 4.78 is 0. The molecule has 1 atom stereocenters. The normalized spacial score (nSPS) is 16.7. The van der Waals surface area contributed by atoms with E-state index in [0.717, 1.165) is 13.0 Å². The number of allylic oxidation sites excluding steroid dienone is 1. The molecule has 0 radical (unpaired) electrons. The summed E-state index contributed by atoms with van der Waals surface area (Å²) in [4.78, 5) is 3.22. The smallest absolute Gasteiger partial charge is 0.0417 e. The van der Waals surface area contributed by atoms with Crippen molar-refractivity contribution in [1.29, 1.82) is 0 Å². The fraction of sp³-hybridized carbons (Fsp3) is 0.647. The molecule has 0 spiro atoms. The van der Waals surface area contributed by atoms with Crippen molar-refractivity contribution >= 4 is 11.3 Å². The molecule has 1 N–H and O–H groups in total. The monoisotopic (exact) mass is 277 g/mol. The Hall–Kier alpha value is -0.600. The SMILES string of the molecule is C=CCCC(NCCC)c1cc2c(s1)CCCCC2. The minimum atomic E-state index is 0.537. The first-order valence-electron chi connectivity index (χ1n) is 7.81. The van der Waals surface area contributed by atoms with Gasteiger partial charge in [-0.05, 0) is 63.1 Å². The van der Waals surface area contributed by atoms with Gasteiger partial charge in [0.25, 0.3) is 0 Å². The maximum Gasteiger partial charge on any atom is 0.0417 e. The number of aryl methyl sites for hydroxylation is 2. The van der Waals surface area contributed by atoms with Gasteiger partial charge in [-0.15, -0.1) is 17.9 Å². The van der Waals surface area contributed by atoms with Crippen molar-refractivity contribution in [3.05, 3.63) is 34.0 Å². The molecule has 0 saturated heterocycles. The Balaban J connectivity index is 2.09. The standard InChI is InChI=1S/C17H27NS/c1-3-5-10-15(18-12-4-2)17-13-14-9-7-6-8-11-16(14)19-17/h3,13,15,18H,1,4-12H2,2H3. The van der Waals surface area contributed by atoms with Crippen LogP contribution in [0.5, 0.6) is 0 Å². The van der Waals surface area contributed by atoms with Gasteiger partial charge in [-0.3, -0.25) is 0 Å². The van der Waals surface area contributed by atoms with E-state index in [1.165, 1.54) is 44.9 Å². The zero-order chi connectivity index (χ0) is 13.5. The Labute approximate surface area is 122 Å². The summed E-state index contributed by atoms with van der Waals surface area (Å²) in [6, 6.07) is 3.02. The van der Waals surface area contributed by atoms with Gasteiger partial charge in [0.2, 0.25) is 0 Å². The van der Waals surface area contributed by atoms with Crippen LogP contribution in [-0.4, -0.2) is 6.54 Å². The topological polar surface area (TPSA) is 12.0 Å². The molecule has 1 heterocycles. The van der Waals surface area contributed by atoms with Crippen LogP contribution < -0.4 is 5.32 Å². The van der Waals surface area contributed by atoms with Crippen LogP contribution >= 0.6 is 11.3 Å². The number of thiophene rings is 1. The summed E-state index contributed by atoms with van der Waals surface area (Å²) >= 11 is 2.06. The van der Waals surface area contributed by atoms with E-state index >= 15 is 0 Å². The average Bonchev–Trinajstić information content (AvgIpc) is 2.70. The van der Waals surface area contributed by atoms with Crippen molar-refractivity contribution in [2.45, 2.75) is 64.3 Å². The highest BCUT2D eigenvalue weighted by Crippen LogP contribution is 2.33. The number of hydrogen-bond acceptors (Lipinski definition) is 2. The summed E-state index contributed by atoms with van der Waals surface area (Å²) in [5, 5.41) is 3.71. The summed E-state index contributed by atoms with van der Waals surface area (Å²) in [5.41, 5.74) is 1.64. The zero-order valence-electron chi connectivity index (χ0n) is 12.2. The Bertz CT molecular complexity index is 370. The van der Waals surface area contributed by atoms with Gasteiger partial charge in [0.1, 0.15) is 0 Å².